The number of hydrogen-bond donors (Lipinski definition) is 0. The molecular formula is C17H13NO2. The number of benzene rings is 2. The maximum Gasteiger partial charge on any atom is 0.341 e. The smallest absolute Gasteiger partial charge is 0.341 e. The normalized spacial score (nSPS) is 27.3. The summed E-state index contributed by atoms with van der Waals surface area (Å²) in [4.78, 5) is 16.8. The van der Waals surface area contributed by atoms with E-state index < -0.39 is 5.54 Å². The third kappa shape index (κ3) is 1.59. The second kappa shape index (κ2) is 4.04. The Kier molecular flexibility index (Phi) is 2.30. The van der Waals surface area contributed by atoms with E-state index in [1.807, 2.05) is 60.7 Å². The van der Waals surface area contributed by atoms with Crippen LogP contribution in [-0.4, -0.2) is 17.4 Å². The Labute approximate surface area is 116 Å². The van der Waals surface area contributed by atoms with Crippen LogP contribution in [0, 0.1) is 0 Å². The maximum atomic E-state index is 12.2. The predicted molar refractivity (Wildman–Crippen MR) is 75.6 cm³/mol. The summed E-state index contributed by atoms with van der Waals surface area (Å²) in [6.45, 7) is 0. The first-order valence-corrected chi connectivity index (χ1v) is 6.72. The number of carbonyl (C=O) groups excluding carboxylic acids is 1. The largest absolute Gasteiger partial charge is 0.405 e. The summed E-state index contributed by atoms with van der Waals surface area (Å²) >= 11 is 0. The molecule has 0 saturated heterocycles. The Balaban J connectivity index is 1.68. The van der Waals surface area contributed by atoms with E-state index in [4.69, 9.17) is 4.74 Å². The van der Waals surface area contributed by atoms with Crippen LogP contribution in [0.3, 0.4) is 0 Å². The number of ether oxygens (including phenoxy) is 1. The van der Waals surface area contributed by atoms with Gasteiger partial charge in [-0.25, -0.2) is 9.79 Å². The molecule has 1 saturated carbocycles. The van der Waals surface area contributed by atoms with Crippen LogP contribution in [0.2, 0.25) is 0 Å². The standard InChI is InChI=1S/C17H13NO2/c19-16-17(11-14(17)12-7-3-1-4-8-12)18-15(20-16)13-9-5-2-6-10-13/h1-10,14H,11H2/t14-,17+/m0/s1. The fourth-order valence-electron chi connectivity index (χ4n) is 2.81. The van der Waals surface area contributed by atoms with Gasteiger partial charge in [0.15, 0.2) is 5.54 Å². The zero-order chi connectivity index (χ0) is 13.6. The maximum absolute atomic E-state index is 12.2. The lowest BCUT2D eigenvalue weighted by Crippen LogP contribution is -2.18. The van der Waals surface area contributed by atoms with E-state index in [1.165, 1.54) is 0 Å². The van der Waals surface area contributed by atoms with Gasteiger partial charge in [0.1, 0.15) is 0 Å². The second-order valence-electron chi connectivity index (χ2n) is 5.26. The Morgan fingerprint density at radius 1 is 1.00 bits per heavy atom. The molecule has 1 fully saturated rings. The van der Waals surface area contributed by atoms with E-state index in [1.54, 1.807) is 0 Å². The minimum absolute atomic E-state index is 0.150. The average molecular weight is 263 g/mol. The molecule has 98 valence electrons. The third-order valence-corrected chi connectivity index (χ3v) is 4.00. The number of cyclic esters (lactones) is 1. The fourth-order valence-corrected chi connectivity index (χ4v) is 2.81. The molecular weight excluding hydrogens is 250 g/mol. The molecule has 2 atom stereocenters. The highest BCUT2D eigenvalue weighted by molar-refractivity contribution is 6.09. The fraction of sp³-hybridized carbons (Fsp3) is 0.176. The van der Waals surface area contributed by atoms with Gasteiger partial charge in [0.25, 0.3) is 0 Å². The summed E-state index contributed by atoms with van der Waals surface area (Å²) in [7, 11) is 0. The van der Waals surface area contributed by atoms with Gasteiger partial charge in [-0.1, -0.05) is 48.5 Å². The first kappa shape index (κ1) is 11.4. The molecule has 0 amide bonds. The van der Waals surface area contributed by atoms with Crippen molar-refractivity contribution in [2.45, 2.75) is 17.9 Å². The first-order valence-electron chi connectivity index (χ1n) is 6.72. The first-order chi connectivity index (χ1) is 9.79. The minimum Gasteiger partial charge on any atom is -0.405 e. The van der Waals surface area contributed by atoms with Crippen LogP contribution >= 0.6 is 0 Å². The van der Waals surface area contributed by atoms with Gasteiger partial charge in [-0.05, 0) is 24.1 Å². The van der Waals surface area contributed by atoms with Gasteiger partial charge in [0.05, 0.1) is 0 Å². The van der Waals surface area contributed by atoms with Crippen molar-refractivity contribution in [2.24, 2.45) is 4.99 Å². The van der Waals surface area contributed by atoms with E-state index in [-0.39, 0.29) is 11.9 Å². The highest BCUT2D eigenvalue weighted by Gasteiger charge is 2.65. The van der Waals surface area contributed by atoms with Crippen LogP contribution < -0.4 is 0 Å². The Morgan fingerprint density at radius 3 is 2.35 bits per heavy atom. The lowest BCUT2D eigenvalue weighted by molar-refractivity contribution is -0.136. The van der Waals surface area contributed by atoms with Gasteiger partial charge in [0, 0.05) is 11.5 Å². The number of aliphatic imine (C=N–C) groups is 1. The van der Waals surface area contributed by atoms with Crippen molar-refractivity contribution in [3.8, 4) is 0 Å². The zero-order valence-electron chi connectivity index (χ0n) is 10.8. The van der Waals surface area contributed by atoms with Crippen molar-refractivity contribution >= 4 is 11.9 Å². The van der Waals surface area contributed by atoms with E-state index in [9.17, 15) is 4.79 Å². The number of nitrogens with zero attached hydrogens (tertiary/aromatic N) is 1. The summed E-state index contributed by atoms with van der Waals surface area (Å²) in [6.07, 6.45) is 0.742. The highest BCUT2D eigenvalue weighted by Crippen LogP contribution is 2.57. The SMILES string of the molecule is O=C1OC(c2ccccc2)=N[C@@]12C[C@H]2c1ccccc1. The van der Waals surface area contributed by atoms with Gasteiger partial charge < -0.3 is 4.74 Å². The molecule has 4 rings (SSSR count). The quantitative estimate of drug-likeness (QED) is 0.781. The summed E-state index contributed by atoms with van der Waals surface area (Å²) in [5.74, 6) is 0.386. The Hall–Kier alpha value is -2.42. The molecule has 3 heteroatoms. The van der Waals surface area contributed by atoms with Crippen LogP contribution in [0.15, 0.2) is 65.7 Å². The van der Waals surface area contributed by atoms with Crippen LogP contribution in [0.25, 0.3) is 0 Å². The van der Waals surface area contributed by atoms with Crippen LogP contribution in [0.1, 0.15) is 23.5 Å². The molecule has 1 heterocycles. The molecule has 20 heavy (non-hydrogen) atoms. The average Bonchev–Trinajstić information content (AvgIpc) is 3.14. The summed E-state index contributed by atoms with van der Waals surface area (Å²) in [5.41, 5.74) is 1.34. The molecule has 0 aromatic heterocycles. The molecule has 0 unspecified atom stereocenters. The summed E-state index contributed by atoms with van der Waals surface area (Å²) < 4.78 is 5.39. The molecule has 1 spiro atoms. The van der Waals surface area contributed by atoms with Gasteiger partial charge >= 0.3 is 5.97 Å². The van der Waals surface area contributed by atoms with E-state index in [0.29, 0.717) is 5.90 Å². The molecule has 2 aromatic rings. The third-order valence-electron chi connectivity index (χ3n) is 4.00. The molecule has 0 radical (unpaired) electrons. The number of carbonyl (C=O) groups is 1. The van der Waals surface area contributed by atoms with Crippen LogP contribution in [0.4, 0.5) is 0 Å². The molecule has 2 aliphatic rings. The molecule has 3 nitrogen and oxygen atoms in total. The number of esters is 1. The van der Waals surface area contributed by atoms with Crippen molar-refractivity contribution in [1.29, 1.82) is 0 Å². The predicted octanol–water partition coefficient (Wildman–Crippen LogP) is 2.92. The van der Waals surface area contributed by atoms with Crippen molar-refractivity contribution in [3.63, 3.8) is 0 Å². The minimum atomic E-state index is -0.674. The van der Waals surface area contributed by atoms with E-state index in [0.717, 1.165) is 17.5 Å². The van der Waals surface area contributed by atoms with Gasteiger partial charge in [-0.15, -0.1) is 0 Å². The van der Waals surface area contributed by atoms with Crippen molar-refractivity contribution in [3.05, 3.63) is 71.8 Å². The lowest BCUT2D eigenvalue weighted by Gasteiger charge is -2.01. The van der Waals surface area contributed by atoms with Crippen LogP contribution in [0.5, 0.6) is 0 Å². The summed E-state index contributed by atoms with van der Waals surface area (Å²) in [6, 6.07) is 19.6. The second-order valence-corrected chi connectivity index (χ2v) is 5.26. The topological polar surface area (TPSA) is 38.7 Å². The molecule has 0 N–H and O–H groups in total. The highest BCUT2D eigenvalue weighted by atomic mass is 16.6. The van der Waals surface area contributed by atoms with Crippen molar-refractivity contribution in [1.82, 2.24) is 0 Å². The van der Waals surface area contributed by atoms with E-state index >= 15 is 0 Å². The number of hydrogen-bond acceptors (Lipinski definition) is 3. The van der Waals surface area contributed by atoms with Crippen LogP contribution in [-0.2, 0) is 9.53 Å². The number of rotatable bonds is 2. The van der Waals surface area contributed by atoms with Gasteiger partial charge in [-0.3, -0.25) is 0 Å². The Bertz CT molecular complexity index is 693. The van der Waals surface area contributed by atoms with Gasteiger partial charge in [-0.2, -0.15) is 0 Å². The Morgan fingerprint density at radius 2 is 1.65 bits per heavy atom. The lowest BCUT2D eigenvalue weighted by atomic mass is 10.1. The van der Waals surface area contributed by atoms with Crippen molar-refractivity contribution in [2.75, 3.05) is 0 Å². The van der Waals surface area contributed by atoms with Crippen molar-refractivity contribution < 1.29 is 9.53 Å². The van der Waals surface area contributed by atoms with E-state index in [2.05, 4.69) is 4.99 Å². The monoisotopic (exact) mass is 263 g/mol. The van der Waals surface area contributed by atoms with Gasteiger partial charge in [0.2, 0.25) is 5.90 Å². The molecule has 1 aliphatic carbocycles. The zero-order valence-corrected chi connectivity index (χ0v) is 10.8. The molecule has 0 bridgehead atoms. The molecule has 1 aliphatic heterocycles. The summed E-state index contributed by atoms with van der Waals surface area (Å²) in [5, 5.41) is 0. The molecule has 2 aromatic carbocycles.